The van der Waals surface area contributed by atoms with Gasteiger partial charge in [-0.05, 0) is 64.2 Å². The SMILES string of the molecule is C=CCCCCCC12CCCCC(CCCCCC=C)(CC1)S2(=O)=O. The number of allylic oxidation sites excluding steroid dienone is 2. The van der Waals surface area contributed by atoms with E-state index in [0.29, 0.717) is 0 Å². The lowest BCUT2D eigenvalue weighted by Crippen LogP contribution is -2.43. The maximum Gasteiger partial charge on any atom is 0.161 e. The molecule has 2 fully saturated rings. The number of rotatable bonds is 12. The second kappa shape index (κ2) is 9.39. The average Bonchev–Trinajstić information content (AvgIpc) is 2.72. The molecular weight excluding hydrogens is 328 g/mol. The van der Waals surface area contributed by atoms with E-state index >= 15 is 0 Å². The number of unbranched alkanes of at least 4 members (excludes halogenated alkanes) is 6. The van der Waals surface area contributed by atoms with Crippen LogP contribution in [0.2, 0.25) is 0 Å². The highest BCUT2D eigenvalue weighted by Crippen LogP contribution is 2.56. The van der Waals surface area contributed by atoms with Crippen LogP contribution in [-0.4, -0.2) is 17.9 Å². The van der Waals surface area contributed by atoms with E-state index in [9.17, 15) is 8.42 Å². The molecule has 0 radical (unpaired) electrons. The smallest absolute Gasteiger partial charge is 0.161 e. The van der Waals surface area contributed by atoms with Crippen LogP contribution in [0.5, 0.6) is 0 Å². The van der Waals surface area contributed by atoms with Gasteiger partial charge in [-0.25, -0.2) is 8.42 Å². The molecular formula is C22H38O2S. The average molecular weight is 367 g/mol. The highest BCUT2D eigenvalue weighted by Gasteiger charge is 2.61. The Hall–Kier alpha value is -0.570. The first-order chi connectivity index (χ1) is 12.0. The number of fused-ring (bicyclic) bond motifs is 2. The molecule has 144 valence electrons. The monoisotopic (exact) mass is 366 g/mol. The molecule has 0 aromatic rings. The van der Waals surface area contributed by atoms with Crippen molar-refractivity contribution in [2.75, 3.05) is 0 Å². The maximum absolute atomic E-state index is 13.6. The lowest BCUT2D eigenvalue weighted by Gasteiger charge is -2.32. The molecule has 2 heterocycles. The normalized spacial score (nSPS) is 30.7. The number of hydrogen-bond acceptors (Lipinski definition) is 2. The Morgan fingerprint density at radius 1 is 0.680 bits per heavy atom. The first-order valence-electron chi connectivity index (χ1n) is 10.5. The molecule has 0 saturated carbocycles. The first kappa shape index (κ1) is 20.7. The van der Waals surface area contributed by atoms with Gasteiger partial charge in [0, 0.05) is 0 Å². The zero-order valence-electron chi connectivity index (χ0n) is 16.1. The zero-order chi connectivity index (χ0) is 18.2. The molecule has 0 aliphatic carbocycles. The van der Waals surface area contributed by atoms with Gasteiger partial charge in [0.2, 0.25) is 0 Å². The first-order valence-corrected chi connectivity index (χ1v) is 12.0. The van der Waals surface area contributed by atoms with Crippen molar-refractivity contribution in [3.8, 4) is 0 Å². The molecule has 2 aliphatic rings. The van der Waals surface area contributed by atoms with Gasteiger partial charge in [0.1, 0.15) is 0 Å². The molecule has 2 bridgehead atoms. The van der Waals surface area contributed by atoms with E-state index in [1.54, 1.807) is 0 Å². The van der Waals surface area contributed by atoms with Gasteiger partial charge >= 0.3 is 0 Å². The summed E-state index contributed by atoms with van der Waals surface area (Å²) in [5.74, 6) is 0. The Morgan fingerprint density at radius 2 is 1.12 bits per heavy atom. The summed E-state index contributed by atoms with van der Waals surface area (Å²) in [6.07, 6.45) is 20.4. The van der Waals surface area contributed by atoms with Gasteiger partial charge in [-0.2, -0.15) is 0 Å². The maximum atomic E-state index is 13.6. The summed E-state index contributed by atoms with van der Waals surface area (Å²) in [4.78, 5) is 0. The Balaban J connectivity index is 2.01. The molecule has 2 atom stereocenters. The van der Waals surface area contributed by atoms with Crippen LogP contribution in [0.1, 0.15) is 103 Å². The van der Waals surface area contributed by atoms with E-state index in [2.05, 4.69) is 13.2 Å². The minimum Gasteiger partial charge on any atom is -0.228 e. The molecule has 25 heavy (non-hydrogen) atoms. The Labute approximate surface area is 156 Å². The molecule has 0 spiro atoms. The predicted octanol–water partition coefficient (Wildman–Crippen LogP) is 6.52. The van der Waals surface area contributed by atoms with Crippen molar-refractivity contribution in [3.05, 3.63) is 25.3 Å². The van der Waals surface area contributed by atoms with Crippen LogP contribution in [0.3, 0.4) is 0 Å². The standard InChI is InChI=1S/C22H38O2S/c1-3-5-7-9-11-15-21-17-13-14-18-22(20-19-21,25(21,23)24)16-12-10-8-6-4-2/h3-4H,1-2,5-20H2. The highest BCUT2D eigenvalue weighted by molar-refractivity contribution is 7.94. The van der Waals surface area contributed by atoms with Crippen LogP contribution >= 0.6 is 0 Å². The van der Waals surface area contributed by atoms with Gasteiger partial charge in [-0.3, -0.25) is 0 Å². The summed E-state index contributed by atoms with van der Waals surface area (Å²) in [5, 5.41) is 0. The van der Waals surface area contributed by atoms with E-state index in [1.165, 1.54) is 0 Å². The van der Waals surface area contributed by atoms with Crippen molar-refractivity contribution in [2.45, 2.75) is 112 Å². The van der Waals surface area contributed by atoms with Crippen LogP contribution in [0.25, 0.3) is 0 Å². The Kier molecular flexibility index (Phi) is 7.79. The van der Waals surface area contributed by atoms with Gasteiger partial charge in [-0.15, -0.1) is 13.2 Å². The van der Waals surface area contributed by atoms with E-state index in [1.807, 2.05) is 12.2 Å². The van der Waals surface area contributed by atoms with E-state index in [4.69, 9.17) is 0 Å². The largest absolute Gasteiger partial charge is 0.228 e. The van der Waals surface area contributed by atoms with Gasteiger partial charge in [0.05, 0.1) is 9.49 Å². The fraction of sp³-hybridized carbons (Fsp3) is 0.818. The highest BCUT2D eigenvalue weighted by atomic mass is 32.2. The van der Waals surface area contributed by atoms with Crippen molar-refractivity contribution in [1.82, 2.24) is 0 Å². The molecule has 3 heteroatoms. The topological polar surface area (TPSA) is 34.1 Å². The molecule has 2 saturated heterocycles. The third-order valence-electron chi connectivity index (χ3n) is 6.77. The predicted molar refractivity (Wildman–Crippen MR) is 109 cm³/mol. The minimum atomic E-state index is -3.01. The van der Waals surface area contributed by atoms with Crippen LogP contribution in [0.4, 0.5) is 0 Å². The van der Waals surface area contributed by atoms with Gasteiger partial charge in [-0.1, -0.05) is 50.7 Å². The Morgan fingerprint density at radius 3 is 1.52 bits per heavy atom. The molecule has 0 amide bonds. The van der Waals surface area contributed by atoms with E-state index < -0.39 is 19.3 Å². The summed E-state index contributed by atoms with van der Waals surface area (Å²) in [6, 6.07) is 0. The summed E-state index contributed by atoms with van der Waals surface area (Å²) in [7, 11) is -3.01. The quantitative estimate of drug-likeness (QED) is 0.291. The van der Waals surface area contributed by atoms with Crippen molar-refractivity contribution in [1.29, 1.82) is 0 Å². The van der Waals surface area contributed by atoms with Crippen LogP contribution in [0, 0.1) is 0 Å². The fourth-order valence-electron chi connectivity index (χ4n) is 5.19. The molecule has 0 aromatic heterocycles. The lowest BCUT2D eigenvalue weighted by atomic mass is 9.81. The molecule has 2 nitrogen and oxygen atoms in total. The van der Waals surface area contributed by atoms with Crippen molar-refractivity contribution in [2.24, 2.45) is 0 Å². The molecule has 0 N–H and O–H groups in total. The third-order valence-corrected chi connectivity index (χ3v) is 10.3. The van der Waals surface area contributed by atoms with E-state index in [0.717, 1.165) is 103 Å². The lowest BCUT2D eigenvalue weighted by molar-refractivity contribution is 0.368. The molecule has 2 rings (SSSR count). The van der Waals surface area contributed by atoms with Gasteiger partial charge in [0.25, 0.3) is 0 Å². The third kappa shape index (κ3) is 4.40. The Bertz CT molecular complexity index is 494. The van der Waals surface area contributed by atoms with Crippen molar-refractivity contribution < 1.29 is 8.42 Å². The minimum absolute atomic E-state index is 0.390. The summed E-state index contributed by atoms with van der Waals surface area (Å²) in [5.41, 5.74) is 0. The zero-order valence-corrected chi connectivity index (χ0v) is 16.9. The van der Waals surface area contributed by atoms with E-state index in [-0.39, 0.29) is 0 Å². The molecule has 2 unspecified atom stereocenters. The van der Waals surface area contributed by atoms with Crippen LogP contribution < -0.4 is 0 Å². The van der Waals surface area contributed by atoms with Gasteiger partial charge < -0.3 is 0 Å². The van der Waals surface area contributed by atoms with Crippen molar-refractivity contribution >= 4 is 9.84 Å². The fourth-order valence-corrected chi connectivity index (χ4v) is 8.50. The second-order valence-electron chi connectivity index (χ2n) is 8.35. The molecule has 2 aliphatic heterocycles. The molecule has 0 aromatic carbocycles. The van der Waals surface area contributed by atoms with Crippen molar-refractivity contribution in [3.63, 3.8) is 0 Å². The summed E-state index contributed by atoms with van der Waals surface area (Å²) in [6.45, 7) is 7.55. The summed E-state index contributed by atoms with van der Waals surface area (Å²) >= 11 is 0. The van der Waals surface area contributed by atoms with Crippen LogP contribution in [0.15, 0.2) is 25.3 Å². The van der Waals surface area contributed by atoms with Crippen LogP contribution in [-0.2, 0) is 9.84 Å². The second-order valence-corrected chi connectivity index (χ2v) is 11.1. The van der Waals surface area contributed by atoms with Gasteiger partial charge in [0.15, 0.2) is 9.84 Å². The number of hydrogen-bond donors (Lipinski definition) is 0. The number of sulfone groups is 1. The summed E-state index contributed by atoms with van der Waals surface area (Å²) < 4.78 is 26.5.